The molecule has 1 fully saturated rings. The van der Waals surface area contributed by atoms with Crippen LogP contribution in [0.5, 0.6) is 5.88 Å². The molecule has 1 aliphatic carbocycles. The third kappa shape index (κ3) is 4.04. The summed E-state index contributed by atoms with van der Waals surface area (Å²) >= 11 is 5.86. The van der Waals surface area contributed by atoms with Crippen molar-refractivity contribution in [3.8, 4) is 11.9 Å². The van der Waals surface area contributed by atoms with Gasteiger partial charge in [0.2, 0.25) is 5.88 Å². The Kier molecular flexibility index (Phi) is 4.48. The number of fused-ring (bicyclic) bond motifs is 1. The first kappa shape index (κ1) is 17.7. The molecule has 0 spiro atoms. The lowest BCUT2D eigenvalue weighted by atomic mass is 9.89. The number of halogens is 1. The molecule has 1 aliphatic rings. The molecule has 4 rings (SSSR count). The number of hydrogen-bond donors (Lipinski definition) is 0. The van der Waals surface area contributed by atoms with Gasteiger partial charge >= 0.3 is 0 Å². The van der Waals surface area contributed by atoms with Gasteiger partial charge in [-0.2, -0.15) is 10.4 Å². The zero-order valence-electron chi connectivity index (χ0n) is 15.3. The SMILES string of the molecule is CC(C)(C#N)Cc1cc(C2CC2)cc2cc(COc3cc(Cl)ncn3)nn12. The molecular formula is C20H20ClN5O. The van der Waals surface area contributed by atoms with Crippen LogP contribution in [-0.2, 0) is 13.0 Å². The molecule has 0 bridgehead atoms. The van der Waals surface area contributed by atoms with Gasteiger partial charge in [0.05, 0.1) is 17.0 Å². The molecule has 27 heavy (non-hydrogen) atoms. The van der Waals surface area contributed by atoms with E-state index < -0.39 is 5.41 Å². The molecule has 138 valence electrons. The van der Waals surface area contributed by atoms with E-state index in [0.29, 0.717) is 23.4 Å². The summed E-state index contributed by atoms with van der Waals surface area (Å²) in [5.41, 5.74) is 3.77. The first-order valence-corrected chi connectivity index (χ1v) is 9.34. The van der Waals surface area contributed by atoms with E-state index in [1.807, 2.05) is 24.4 Å². The van der Waals surface area contributed by atoms with Crippen molar-refractivity contribution in [2.45, 2.75) is 45.6 Å². The van der Waals surface area contributed by atoms with Crippen LogP contribution in [0, 0.1) is 16.7 Å². The molecule has 1 saturated carbocycles. The monoisotopic (exact) mass is 381 g/mol. The fraction of sp³-hybridized carbons (Fsp3) is 0.400. The largest absolute Gasteiger partial charge is 0.471 e. The molecule has 3 aromatic heterocycles. The Labute approximate surface area is 162 Å². The molecule has 3 aromatic rings. The van der Waals surface area contributed by atoms with Crippen LogP contribution in [0.25, 0.3) is 5.52 Å². The second kappa shape index (κ2) is 6.82. The second-order valence-electron chi connectivity index (χ2n) is 7.67. The molecule has 0 saturated heterocycles. The van der Waals surface area contributed by atoms with Crippen LogP contribution in [0.2, 0.25) is 5.15 Å². The zero-order chi connectivity index (χ0) is 19.0. The number of ether oxygens (including phenoxy) is 1. The lowest BCUT2D eigenvalue weighted by Crippen LogP contribution is -2.15. The summed E-state index contributed by atoms with van der Waals surface area (Å²) in [5, 5.41) is 14.5. The van der Waals surface area contributed by atoms with Crippen molar-refractivity contribution in [1.82, 2.24) is 19.6 Å². The minimum atomic E-state index is -0.449. The maximum absolute atomic E-state index is 9.43. The van der Waals surface area contributed by atoms with Crippen molar-refractivity contribution in [3.05, 3.63) is 52.7 Å². The minimum absolute atomic E-state index is 0.287. The Morgan fingerprint density at radius 3 is 2.78 bits per heavy atom. The first-order chi connectivity index (χ1) is 12.9. The smallest absolute Gasteiger partial charge is 0.218 e. The van der Waals surface area contributed by atoms with Crippen LogP contribution in [-0.4, -0.2) is 19.6 Å². The van der Waals surface area contributed by atoms with E-state index in [1.165, 1.54) is 24.7 Å². The molecule has 0 atom stereocenters. The van der Waals surface area contributed by atoms with Gasteiger partial charge in [-0.1, -0.05) is 11.6 Å². The standard InChI is InChI=1S/C20H20ClN5O/c1-20(2,11-22)9-17-6-14(13-3-4-13)5-16-7-15(25-26(16)17)10-27-19-8-18(21)23-12-24-19/h5-8,12-13H,3-4,9-10H2,1-2H3. The van der Waals surface area contributed by atoms with Crippen molar-refractivity contribution in [2.24, 2.45) is 5.41 Å². The van der Waals surface area contributed by atoms with E-state index in [1.54, 1.807) is 6.07 Å². The number of nitriles is 1. The van der Waals surface area contributed by atoms with E-state index in [0.717, 1.165) is 16.9 Å². The fourth-order valence-corrected chi connectivity index (χ4v) is 3.27. The summed E-state index contributed by atoms with van der Waals surface area (Å²) in [6.45, 7) is 4.19. The van der Waals surface area contributed by atoms with Crippen LogP contribution in [0.3, 0.4) is 0 Å². The zero-order valence-corrected chi connectivity index (χ0v) is 16.1. The van der Waals surface area contributed by atoms with Crippen LogP contribution in [0.4, 0.5) is 0 Å². The lowest BCUT2D eigenvalue weighted by Gasteiger charge is -2.17. The number of aromatic nitrogens is 4. The molecule has 6 nitrogen and oxygen atoms in total. The van der Waals surface area contributed by atoms with Crippen molar-refractivity contribution in [2.75, 3.05) is 0 Å². The fourth-order valence-electron chi connectivity index (χ4n) is 3.13. The number of rotatable bonds is 6. The van der Waals surface area contributed by atoms with Gasteiger partial charge in [-0.25, -0.2) is 14.5 Å². The number of pyridine rings is 1. The summed E-state index contributed by atoms with van der Waals surface area (Å²) in [4.78, 5) is 7.89. The summed E-state index contributed by atoms with van der Waals surface area (Å²) in [6, 6.07) is 10.4. The molecule has 0 amide bonds. The van der Waals surface area contributed by atoms with Crippen molar-refractivity contribution >= 4 is 17.1 Å². The maximum atomic E-state index is 9.43. The highest BCUT2D eigenvalue weighted by atomic mass is 35.5. The summed E-state index contributed by atoms with van der Waals surface area (Å²) in [7, 11) is 0. The molecule has 0 unspecified atom stereocenters. The molecular weight excluding hydrogens is 362 g/mol. The van der Waals surface area contributed by atoms with Crippen LogP contribution < -0.4 is 4.74 Å². The highest BCUT2D eigenvalue weighted by molar-refractivity contribution is 6.29. The van der Waals surface area contributed by atoms with Gasteiger partial charge in [0.15, 0.2) is 0 Å². The highest BCUT2D eigenvalue weighted by Crippen LogP contribution is 2.41. The van der Waals surface area contributed by atoms with E-state index in [9.17, 15) is 5.26 Å². The average Bonchev–Trinajstić information content (AvgIpc) is 3.40. The number of hydrogen-bond acceptors (Lipinski definition) is 5. The second-order valence-corrected chi connectivity index (χ2v) is 8.05. The molecule has 0 aromatic carbocycles. The molecule has 0 radical (unpaired) electrons. The molecule has 7 heteroatoms. The van der Waals surface area contributed by atoms with E-state index >= 15 is 0 Å². The van der Waals surface area contributed by atoms with Gasteiger partial charge in [-0.3, -0.25) is 0 Å². The summed E-state index contributed by atoms with van der Waals surface area (Å²) < 4.78 is 7.62. The van der Waals surface area contributed by atoms with E-state index in [-0.39, 0.29) is 6.61 Å². The molecule has 0 aliphatic heterocycles. The molecule has 3 heterocycles. The number of nitrogens with zero attached hydrogens (tertiary/aromatic N) is 5. The summed E-state index contributed by atoms with van der Waals surface area (Å²) in [5.74, 6) is 1.05. The van der Waals surface area contributed by atoms with E-state index in [4.69, 9.17) is 21.4 Å². The topological polar surface area (TPSA) is 76.1 Å². The third-order valence-electron chi connectivity index (χ3n) is 4.66. The van der Waals surface area contributed by atoms with E-state index in [2.05, 4.69) is 28.2 Å². The van der Waals surface area contributed by atoms with Crippen LogP contribution in [0.1, 0.15) is 49.6 Å². The van der Waals surface area contributed by atoms with Gasteiger partial charge < -0.3 is 4.74 Å². The molecule has 0 N–H and O–H groups in total. The highest BCUT2D eigenvalue weighted by Gasteiger charge is 2.26. The Balaban J connectivity index is 1.64. The Bertz CT molecular complexity index is 1030. The van der Waals surface area contributed by atoms with Crippen LogP contribution in [0.15, 0.2) is 30.6 Å². The van der Waals surface area contributed by atoms with Gasteiger partial charge in [-0.05, 0) is 56.4 Å². The van der Waals surface area contributed by atoms with Crippen molar-refractivity contribution in [1.29, 1.82) is 5.26 Å². The average molecular weight is 382 g/mol. The van der Waals surface area contributed by atoms with Gasteiger partial charge in [0.1, 0.15) is 23.8 Å². The van der Waals surface area contributed by atoms with Crippen LogP contribution >= 0.6 is 11.6 Å². The third-order valence-corrected chi connectivity index (χ3v) is 4.87. The lowest BCUT2D eigenvalue weighted by molar-refractivity contribution is 0.288. The normalized spacial score (nSPS) is 14.3. The Hall–Kier alpha value is -2.65. The van der Waals surface area contributed by atoms with Crippen molar-refractivity contribution < 1.29 is 4.74 Å². The summed E-state index contributed by atoms with van der Waals surface area (Å²) in [6.07, 6.45) is 4.47. The predicted molar refractivity (Wildman–Crippen MR) is 102 cm³/mol. The van der Waals surface area contributed by atoms with Gasteiger partial charge in [0, 0.05) is 18.2 Å². The maximum Gasteiger partial charge on any atom is 0.218 e. The Morgan fingerprint density at radius 1 is 1.26 bits per heavy atom. The Morgan fingerprint density at radius 2 is 2.07 bits per heavy atom. The minimum Gasteiger partial charge on any atom is -0.471 e. The van der Waals surface area contributed by atoms with Gasteiger partial charge in [-0.15, -0.1) is 0 Å². The van der Waals surface area contributed by atoms with Crippen molar-refractivity contribution in [3.63, 3.8) is 0 Å². The quantitative estimate of drug-likeness (QED) is 0.594. The predicted octanol–water partition coefficient (Wildman–Crippen LogP) is 4.33. The van der Waals surface area contributed by atoms with Gasteiger partial charge in [0.25, 0.3) is 0 Å². The first-order valence-electron chi connectivity index (χ1n) is 8.97.